The second-order valence-electron chi connectivity index (χ2n) is 8.96. The van der Waals surface area contributed by atoms with E-state index in [-0.39, 0.29) is 23.6 Å². The molecule has 3 aromatic rings. The maximum Gasteiger partial charge on any atom is 0.310 e. The average molecular weight is 505 g/mol. The lowest BCUT2D eigenvalue weighted by molar-refractivity contribution is 0.0124. The molecule has 1 aromatic carbocycles. The summed E-state index contributed by atoms with van der Waals surface area (Å²) in [6.45, 7) is 4.53. The van der Waals surface area contributed by atoms with Crippen molar-refractivity contribution in [1.82, 2.24) is 19.9 Å². The number of methoxy groups -OCH3 is 1. The van der Waals surface area contributed by atoms with Crippen LogP contribution in [0.3, 0.4) is 0 Å². The summed E-state index contributed by atoms with van der Waals surface area (Å²) in [6.07, 6.45) is 2.92. The van der Waals surface area contributed by atoms with Gasteiger partial charge >= 0.3 is 10.2 Å². The summed E-state index contributed by atoms with van der Waals surface area (Å²) < 4.78 is 70.1. The van der Waals surface area contributed by atoms with Crippen LogP contribution >= 0.6 is 10.2 Å². The number of rotatable bonds is 5. The second-order valence-corrected chi connectivity index (χ2v) is 11.4. The number of nitrogens with zero attached hydrogens (tertiary/aromatic N) is 3. The number of carbonyl (C=O) groups is 1. The standard InChI is InChI=1S/C22H25F5N4O2S/c1-22(2,33-3)21-29-18-17(8-11-28-19(18)30-21)14-9-12-31(13-10-14)20(32)15-4-6-16(7-5-15)34(23,24,25,26)27/h4-8,11,14H,9-10,12-13H2,1-3H3,(H,28,29,30). The van der Waals surface area contributed by atoms with Gasteiger partial charge in [0.15, 0.2) is 5.65 Å². The third kappa shape index (κ3) is 4.74. The van der Waals surface area contributed by atoms with Gasteiger partial charge in [-0.1, -0.05) is 19.4 Å². The molecule has 12 heteroatoms. The van der Waals surface area contributed by atoms with Crippen LogP contribution < -0.4 is 0 Å². The Bertz CT molecular complexity index is 1240. The van der Waals surface area contributed by atoms with E-state index in [9.17, 15) is 24.2 Å². The number of benzene rings is 1. The zero-order valence-electron chi connectivity index (χ0n) is 18.8. The Balaban J connectivity index is 1.49. The molecule has 0 unspecified atom stereocenters. The summed E-state index contributed by atoms with van der Waals surface area (Å²) in [5.74, 6) is 0.272. The van der Waals surface area contributed by atoms with Crippen LogP contribution in [0.25, 0.3) is 11.2 Å². The third-order valence-corrected chi connectivity index (χ3v) is 7.44. The first-order valence-electron chi connectivity index (χ1n) is 10.6. The van der Waals surface area contributed by atoms with Crippen molar-refractivity contribution >= 4 is 27.3 Å². The minimum absolute atomic E-state index is 0.0599. The predicted octanol–water partition coefficient (Wildman–Crippen LogP) is 6.52. The number of nitrogens with one attached hydrogen (secondary N) is 1. The molecule has 1 aliphatic heterocycles. The summed E-state index contributed by atoms with van der Waals surface area (Å²) in [5.41, 5.74) is 1.71. The molecule has 1 aliphatic rings. The quantitative estimate of drug-likeness (QED) is 0.402. The molecule has 34 heavy (non-hydrogen) atoms. The summed E-state index contributed by atoms with van der Waals surface area (Å²) in [4.78, 5) is 24.4. The second kappa shape index (κ2) is 7.38. The van der Waals surface area contributed by atoms with E-state index in [0.29, 0.717) is 37.4 Å². The number of pyridine rings is 1. The molecule has 186 valence electrons. The van der Waals surface area contributed by atoms with Crippen LogP contribution in [0, 0.1) is 0 Å². The van der Waals surface area contributed by atoms with Crippen molar-refractivity contribution in [3.05, 3.63) is 53.5 Å². The zero-order valence-corrected chi connectivity index (χ0v) is 19.6. The Hall–Kier alpha value is -2.73. The van der Waals surface area contributed by atoms with Crippen molar-refractivity contribution in [2.75, 3.05) is 20.2 Å². The van der Waals surface area contributed by atoms with E-state index in [1.165, 1.54) is 4.90 Å². The van der Waals surface area contributed by atoms with Gasteiger partial charge in [-0.15, -0.1) is 0 Å². The fraction of sp³-hybridized carbons (Fsp3) is 0.409. The number of carbonyl (C=O) groups excluding carboxylic acids is 1. The predicted molar refractivity (Wildman–Crippen MR) is 120 cm³/mol. The monoisotopic (exact) mass is 504 g/mol. The molecule has 6 nitrogen and oxygen atoms in total. The highest BCUT2D eigenvalue weighted by atomic mass is 32.5. The highest BCUT2D eigenvalue weighted by Gasteiger charge is 2.65. The Morgan fingerprint density at radius 2 is 1.71 bits per heavy atom. The van der Waals surface area contributed by atoms with Crippen molar-refractivity contribution in [1.29, 1.82) is 0 Å². The summed E-state index contributed by atoms with van der Waals surface area (Å²) >= 11 is 0. The van der Waals surface area contributed by atoms with E-state index in [4.69, 9.17) is 4.74 Å². The lowest BCUT2D eigenvalue weighted by Gasteiger charge is -2.40. The number of hydrogen-bond acceptors (Lipinski definition) is 4. The van der Waals surface area contributed by atoms with Gasteiger partial charge in [-0.25, -0.2) is 9.97 Å². The highest BCUT2D eigenvalue weighted by Crippen LogP contribution is 3.02. The van der Waals surface area contributed by atoms with Gasteiger partial charge in [-0.2, -0.15) is 0 Å². The molecule has 1 saturated heterocycles. The number of ether oxygens (including phenoxy) is 1. The molecule has 0 saturated carbocycles. The van der Waals surface area contributed by atoms with Gasteiger partial charge in [-0.05, 0) is 68.5 Å². The van der Waals surface area contributed by atoms with Gasteiger partial charge in [0, 0.05) is 32.0 Å². The number of imidazole rings is 1. The zero-order chi connectivity index (χ0) is 25.0. The summed E-state index contributed by atoms with van der Waals surface area (Å²) in [6, 6.07) is 4.06. The van der Waals surface area contributed by atoms with Crippen molar-refractivity contribution in [3.63, 3.8) is 0 Å². The van der Waals surface area contributed by atoms with Crippen LogP contribution in [0.2, 0.25) is 0 Å². The number of likely N-dealkylation sites (tertiary alicyclic amines) is 1. The summed E-state index contributed by atoms with van der Waals surface area (Å²) in [7, 11) is -8.17. The molecule has 2 aromatic heterocycles. The molecule has 0 bridgehead atoms. The van der Waals surface area contributed by atoms with Gasteiger partial charge < -0.3 is 14.6 Å². The van der Waals surface area contributed by atoms with Gasteiger partial charge in [-0.3, -0.25) is 4.79 Å². The maximum atomic E-state index is 12.9. The van der Waals surface area contributed by atoms with Crippen LogP contribution in [-0.2, 0) is 10.3 Å². The number of aromatic nitrogens is 3. The van der Waals surface area contributed by atoms with Crippen LogP contribution in [0.15, 0.2) is 41.4 Å². The molecule has 3 heterocycles. The molecule has 0 spiro atoms. The van der Waals surface area contributed by atoms with Crippen molar-refractivity contribution in [3.8, 4) is 0 Å². The van der Waals surface area contributed by atoms with E-state index in [0.717, 1.165) is 23.2 Å². The Labute approximate surface area is 193 Å². The lowest BCUT2D eigenvalue weighted by Crippen LogP contribution is -2.38. The van der Waals surface area contributed by atoms with Gasteiger partial charge in [0.05, 0.1) is 5.52 Å². The number of H-pyrrole nitrogens is 1. The van der Waals surface area contributed by atoms with E-state index >= 15 is 0 Å². The number of hydrogen-bond donors (Lipinski definition) is 1. The van der Waals surface area contributed by atoms with Gasteiger partial charge in [0.1, 0.15) is 16.3 Å². The number of amides is 1. The Morgan fingerprint density at radius 3 is 2.26 bits per heavy atom. The number of halogens is 5. The molecule has 0 atom stereocenters. The van der Waals surface area contributed by atoms with Crippen LogP contribution in [-0.4, -0.2) is 46.0 Å². The first kappa shape index (κ1) is 24.4. The fourth-order valence-corrected chi connectivity index (χ4v) is 4.73. The topological polar surface area (TPSA) is 71.1 Å². The Morgan fingerprint density at radius 1 is 1.09 bits per heavy atom. The third-order valence-electron chi connectivity index (χ3n) is 6.27. The largest absolute Gasteiger partial charge is 0.371 e. The molecule has 1 fully saturated rings. The lowest BCUT2D eigenvalue weighted by atomic mass is 9.89. The van der Waals surface area contributed by atoms with Crippen LogP contribution in [0.1, 0.15) is 54.4 Å². The summed E-state index contributed by atoms with van der Waals surface area (Å²) in [5, 5.41) is 0. The van der Waals surface area contributed by atoms with E-state index in [1.54, 1.807) is 13.3 Å². The average Bonchev–Trinajstić information content (AvgIpc) is 3.23. The molecule has 4 rings (SSSR count). The number of aromatic amines is 1. The smallest absolute Gasteiger partial charge is 0.310 e. The molecule has 0 radical (unpaired) electrons. The van der Waals surface area contributed by atoms with E-state index < -0.39 is 26.6 Å². The van der Waals surface area contributed by atoms with Crippen LogP contribution in [0.4, 0.5) is 19.4 Å². The van der Waals surface area contributed by atoms with Crippen LogP contribution in [0.5, 0.6) is 0 Å². The van der Waals surface area contributed by atoms with E-state index in [2.05, 4.69) is 15.0 Å². The number of fused-ring (bicyclic) bond motifs is 1. The Kier molecular flexibility index (Phi) is 5.30. The SMILES string of the molecule is COC(C)(C)c1nc2nccc(C3CCN(C(=O)c4ccc(S(F)(F)(F)(F)F)cc4)CC3)c2[nH]1. The van der Waals surface area contributed by atoms with Crippen molar-refractivity contribution < 1.29 is 29.0 Å². The van der Waals surface area contributed by atoms with Gasteiger partial charge in [0.25, 0.3) is 5.91 Å². The fourth-order valence-electron chi connectivity index (χ4n) is 4.08. The normalized spacial score (nSPS) is 18.1. The number of piperidine rings is 1. The molecule has 1 N–H and O–H groups in total. The molecule has 1 amide bonds. The van der Waals surface area contributed by atoms with E-state index in [1.807, 2.05) is 19.9 Å². The first-order chi connectivity index (χ1) is 15.6. The van der Waals surface area contributed by atoms with Crippen molar-refractivity contribution in [2.24, 2.45) is 0 Å². The van der Waals surface area contributed by atoms with Gasteiger partial charge in [0.2, 0.25) is 0 Å². The minimum atomic E-state index is -9.77. The van der Waals surface area contributed by atoms with Crippen molar-refractivity contribution in [2.45, 2.75) is 43.1 Å². The maximum absolute atomic E-state index is 12.9. The first-order valence-corrected chi connectivity index (χ1v) is 12.6. The minimum Gasteiger partial charge on any atom is -0.371 e. The molecular weight excluding hydrogens is 479 g/mol. The highest BCUT2D eigenvalue weighted by molar-refractivity contribution is 8.45. The molecule has 0 aliphatic carbocycles. The molecular formula is C22H25F5N4O2S.